The average molecular weight is 317 g/mol. The number of amides is 1. The number of hydrogen-bond acceptors (Lipinski definition) is 5. The molecule has 22 heavy (non-hydrogen) atoms. The molecule has 2 N–H and O–H groups in total. The lowest BCUT2D eigenvalue weighted by atomic mass is 10.2. The molecule has 0 saturated heterocycles. The van der Waals surface area contributed by atoms with E-state index in [2.05, 4.69) is 25.5 Å². The highest BCUT2D eigenvalue weighted by molar-refractivity contribution is 7.13. The van der Waals surface area contributed by atoms with Gasteiger partial charge in [0.05, 0.1) is 0 Å². The van der Waals surface area contributed by atoms with Gasteiger partial charge in [-0.25, -0.2) is 14.4 Å². The van der Waals surface area contributed by atoms with Crippen LogP contribution in [0.25, 0.3) is 10.6 Å². The first kappa shape index (κ1) is 14.3. The summed E-state index contributed by atoms with van der Waals surface area (Å²) in [6.45, 7) is 0.442. The minimum Gasteiger partial charge on any atom is -0.350 e. The predicted octanol–water partition coefficient (Wildman–Crippen LogP) is 2.04. The molecule has 0 aliphatic heterocycles. The van der Waals surface area contributed by atoms with Crippen LogP contribution < -0.4 is 5.32 Å². The molecular formula is C14H12FN5OS. The fourth-order valence-electron chi connectivity index (χ4n) is 1.84. The van der Waals surface area contributed by atoms with E-state index in [9.17, 15) is 9.18 Å². The molecule has 0 fully saturated rings. The van der Waals surface area contributed by atoms with Crippen LogP contribution in [0, 0.1) is 5.82 Å². The van der Waals surface area contributed by atoms with Crippen LogP contribution in [-0.4, -0.2) is 32.6 Å². The van der Waals surface area contributed by atoms with Crippen molar-refractivity contribution in [2.24, 2.45) is 0 Å². The summed E-state index contributed by atoms with van der Waals surface area (Å²) in [5, 5.41) is 11.6. The van der Waals surface area contributed by atoms with Crippen LogP contribution in [0.4, 0.5) is 4.39 Å². The molecule has 0 bridgehead atoms. The summed E-state index contributed by atoms with van der Waals surface area (Å²) in [6.07, 6.45) is 1.99. The first-order valence-corrected chi connectivity index (χ1v) is 7.44. The Morgan fingerprint density at radius 3 is 2.86 bits per heavy atom. The third-order valence-electron chi connectivity index (χ3n) is 2.94. The Balaban J connectivity index is 1.60. The number of benzene rings is 1. The van der Waals surface area contributed by atoms with Crippen molar-refractivity contribution < 1.29 is 9.18 Å². The number of rotatable bonds is 5. The number of halogens is 1. The van der Waals surface area contributed by atoms with Crippen LogP contribution in [0.15, 0.2) is 36.0 Å². The summed E-state index contributed by atoms with van der Waals surface area (Å²) in [4.78, 5) is 20.2. The molecule has 0 aliphatic rings. The maximum atomic E-state index is 12.9. The topological polar surface area (TPSA) is 83.6 Å². The number of H-pyrrole nitrogens is 1. The van der Waals surface area contributed by atoms with Crippen molar-refractivity contribution in [2.45, 2.75) is 6.42 Å². The van der Waals surface area contributed by atoms with Gasteiger partial charge < -0.3 is 5.32 Å². The molecule has 8 heteroatoms. The first-order valence-electron chi connectivity index (χ1n) is 6.56. The number of carbonyl (C=O) groups is 1. The van der Waals surface area contributed by atoms with Gasteiger partial charge in [0.15, 0.2) is 0 Å². The van der Waals surface area contributed by atoms with Gasteiger partial charge in [0.25, 0.3) is 5.91 Å². The van der Waals surface area contributed by atoms with Gasteiger partial charge >= 0.3 is 0 Å². The number of aromatic nitrogens is 4. The average Bonchev–Trinajstić information content (AvgIpc) is 3.19. The van der Waals surface area contributed by atoms with E-state index in [0.717, 1.165) is 5.56 Å². The summed E-state index contributed by atoms with van der Waals surface area (Å²) >= 11 is 1.35. The maximum absolute atomic E-state index is 12.9. The summed E-state index contributed by atoms with van der Waals surface area (Å²) in [6, 6.07) is 6.02. The van der Waals surface area contributed by atoms with E-state index in [1.165, 1.54) is 29.8 Å². The molecule has 0 atom stereocenters. The smallest absolute Gasteiger partial charge is 0.270 e. The highest BCUT2D eigenvalue weighted by atomic mass is 32.1. The van der Waals surface area contributed by atoms with E-state index in [4.69, 9.17) is 0 Å². The molecule has 3 rings (SSSR count). The van der Waals surface area contributed by atoms with Crippen LogP contribution in [0.2, 0.25) is 0 Å². The molecule has 0 saturated carbocycles. The summed E-state index contributed by atoms with van der Waals surface area (Å²) in [5.74, 6) is 0.167. The van der Waals surface area contributed by atoms with Crippen LogP contribution in [-0.2, 0) is 6.42 Å². The molecule has 1 amide bonds. The van der Waals surface area contributed by atoms with Crippen molar-refractivity contribution >= 4 is 17.2 Å². The lowest BCUT2D eigenvalue weighted by molar-refractivity contribution is 0.0950. The number of nitrogens with zero attached hydrogens (tertiary/aromatic N) is 3. The normalized spacial score (nSPS) is 10.6. The fraction of sp³-hybridized carbons (Fsp3) is 0.143. The third-order valence-corrected chi connectivity index (χ3v) is 3.83. The first-order chi connectivity index (χ1) is 10.7. The quantitative estimate of drug-likeness (QED) is 0.754. The minimum atomic E-state index is -0.300. The van der Waals surface area contributed by atoms with Crippen molar-refractivity contribution in [1.82, 2.24) is 25.5 Å². The zero-order valence-electron chi connectivity index (χ0n) is 11.4. The van der Waals surface area contributed by atoms with Gasteiger partial charge in [-0.2, -0.15) is 5.10 Å². The standard InChI is InChI=1S/C14H12FN5OS/c15-10-3-1-9(2-4-10)14-19-11(7-22-14)13(21)16-6-5-12-17-8-18-20-12/h1-4,7-8H,5-6H2,(H,16,21)(H,17,18,20). The van der Waals surface area contributed by atoms with Crippen molar-refractivity contribution in [3.05, 3.63) is 53.3 Å². The molecule has 112 valence electrons. The van der Waals surface area contributed by atoms with Gasteiger partial charge in [-0.15, -0.1) is 11.3 Å². The Bertz CT molecular complexity index is 754. The number of hydrogen-bond donors (Lipinski definition) is 2. The molecule has 2 heterocycles. The summed E-state index contributed by atoms with van der Waals surface area (Å²) < 4.78 is 12.9. The monoisotopic (exact) mass is 317 g/mol. The van der Waals surface area contributed by atoms with Gasteiger partial charge in [0.1, 0.15) is 28.7 Å². The summed E-state index contributed by atoms with van der Waals surface area (Å²) in [5.41, 5.74) is 1.13. The largest absolute Gasteiger partial charge is 0.350 e. The van der Waals surface area contributed by atoms with Crippen LogP contribution in [0.1, 0.15) is 16.3 Å². The van der Waals surface area contributed by atoms with Crippen molar-refractivity contribution in [3.63, 3.8) is 0 Å². The minimum absolute atomic E-state index is 0.246. The van der Waals surface area contributed by atoms with E-state index in [1.807, 2.05) is 0 Å². The van der Waals surface area contributed by atoms with Gasteiger partial charge in [-0.1, -0.05) is 0 Å². The highest BCUT2D eigenvalue weighted by Crippen LogP contribution is 2.23. The van der Waals surface area contributed by atoms with E-state index in [1.54, 1.807) is 17.5 Å². The second-order valence-corrected chi connectivity index (χ2v) is 5.34. The predicted molar refractivity (Wildman–Crippen MR) is 79.9 cm³/mol. The second kappa shape index (κ2) is 6.44. The number of nitrogens with one attached hydrogen (secondary N) is 2. The number of thiazole rings is 1. The van der Waals surface area contributed by atoms with Gasteiger partial charge in [0, 0.05) is 23.9 Å². The molecular weight excluding hydrogens is 305 g/mol. The Labute approximate surface area is 129 Å². The zero-order chi connectivity index (χ0) is 15.4. The molecule has 3 aromatic rings. The number of carbonyl (C=O) groups excluding carboxylic acids is 1. The zero-order valence-corrected chi connectivity index (χ0v) is 12.2. The molecule has 0 aliphatic carbocycles. The van der Waals surface area contributed by atoms with Crippen molar-refractivity contribution in [2.75, 3.05) is 6.54 Å². The molecule has 0 radical (unpaired) electrons. The van der Waals surface area contributed by atoms with Crippen LogP contribution in [0.5, 0.6) is 0 Å². The van der Waals surface area contributed by atoms with Gasteiger partial charge in [0.2, 0.25) is 0 Å². The Kier molecular flexibility index (Phi) is 4.19. The lowest BCUT2D eigenvalue weighted by Gasteiger charge is -2.00. The Morgan fingerprint density at radius 1 is 1.32 bits per heavy atom. The van der Waals surface area contributed by atoms with Crippen molar-refractivity contribution in [1.29, 1.82) is 0 Å². The van der Waals surface area contributed by atoms with Crippen LogP contribution >= 0.6 is 11.3 Å². The SMILES string of the molecule is O=C(NCCc1ncn[nH]1)c1csc(-c2ccc(F)cc2)n1. The Morgan fingerprint density at radius 2 is 2.14 bits per heavy atom. The molecule has 0 spiro atoms. The maximum Gasteiger partial charge on any atom is 0.270 e. The molecule has 1 aromatic carbocycles. The second-order valence-electron chi connectivity index (χ2n) is 4.48. The van der Waals surface area contributed by atoms with E-state index in [-0.39, 0.29) is 11.7 Å². The third kappa shape index (κ3) is 3.34. The molecule has 0 unspecified atom stereocenters. The molecule has 2 aromatic heterocycles. The van der Waals surface area contributed by atoms with E-state index >= 15 is 0 Å². The summed E-state index contributed by atoms with van der Waals surface area (Å²) in [7, 11) is 0. The highest BCUT2D eigenvalue weighted by Gasteiger charge is 2.11. The van der Waals surface area contributed by atoms with E-state index in [0.29, 0.717) is 29.5 Å². The van der Waals surface area contributed by atoms with Gasteiger partial charge in [-0.05, 0) is 24.3 Å². The van der Waals surface area contributed by atoms with Crippen molar-refractivity contribution in [3.8, 4) is 10.6 Å². The van der Waals surface area contributed by atoms with E-state index < -0.39 is 0 Å². The lowest BCUT2D eigenvalue weighted by Crippen LogP contribution is -2.26. The Hall–Kier alpha value is -2.61. The molecule has 6 nitrogen and oxygen atoms in total. The van der Waals surface area contributed by atoms with Gasteiger partial charge in [-0.3, -0.25) is 9.89 Å². The van der Waals surface area contributed by atoms with Crippen LogP contribution in [0.3, 0.4) is 0 Å². The number of aromatic amines is 1. The fourth-order valence-corrected chi connectivity index (χ4v) is 2.65.